The number of nitrogens with zero attached hydrogens (tertiary/aromatic N) is 1. The molecule has 1 aromatic rings. The van der Waals surface area contributed by atoms with Crippen molar-refractivity contribution in [2.24, 2.45) is 5.73 Å². The van der Waals surface area contributed by atoms with E-state index in [0.717, 1.165) is 12.1 Å². The zero-order valence-corrected chi connectivity index (χ0v) is 8.04. The van der Waals surface area contributed by atoms with Gasteiger partial charge in [-0.1, -0.05) is 0 Å². The molecule has 0 unspecified atom stereocenters. The van der Waals surface area contributed by atoms with Gasteiger partial charge in [0.15, 0.2) is 0 Å². The molecular formula is C7H6BrFN2O2. The molecule has 0 saturated carbocycles. The quantitative estimate of drug-likeness (QED) is 0.643. The molecule has 0 atom stereocenters. The molecule has 1 aromatic carbocycles. The maximum absolute atomic E-state index is 13.1. The molecule has 0 radical (unpaired) electrons. The molecule has 0 aliphatic rings. The van der Waals surface area contributed by atoms with Gasteiger partial charge < -0.3 is 5.73 Å². The van der Waals surface area contributed by atoms with Crippen molar-refractivity contribution < 1.29 is 9.31 Å². The van der Waals surface area contributed by atoms with E-state index in [4.69, 9.17) is 5.73 Å². The minimum Gasteiger partial charge on any atom is -0.326 e. The van der Waals surface area contributed by atoms with E-state index in [1.165, 1.54) is 0 Å². The largest absolute Gasteiger partial charge is 0.326 e. The third-order valence-electron chi connectivity index (χ3n) is 1.52. The first kappa shape index (κ1) is 10.1. The van der Waals surface area contributed by atoms with Crippen molar-refractivity contribution >= 4 is 21.6 Å². The first-order chi connectivity index (χ1) is 6.06. The fourth-order valence-electron chi connectivity index (χ4n) is 0.884. The van der Waals surface area contributed by atoms with Gasteiger partial charge in [0.2, 0.25) is 0 Å². The van der Waals surface area contributed by atoms with Crippen molar-refractivity contribution in [1.82, 2.24) is 0 Å². The number of halogens is 2. The molecule has 0 aliphatic carbocycles. The number of nitro benzene ring substituents is 1. The van der Waals surface area contributed by atoms with Crippen LogP contribution in [0.1, 0.15) is 5.56 Å². The molecule has 0 heterocycles. The molecule has 0 aromatic heterocycles. The molecule has 0 saturated heterocycles. The highest BCUT2D eigenvalue weighted by Crippen LogP contribution is 2.25. The van der Waals surface area contributed by atoms with Crippen LogP contribution in [-0.2, 0) is 6.54 Å². The summed E-state index contributed by atoms with van der Waals surface area (Å²) in [6.07, 6.45) is 0. The predicted octanol–water partition coefficient (Wildman–Crippen LogP) is 1.96. The highest BCUT2D eigenvalue weighted by atomic mass is 79.9. The van der Waals surface area contributed by atoms with Gasteiger partial charge in [0, 0.05) is 24.2 Å². The molecule has 70 valence electrons. The Bertz CT molecular complexity index is 357. The van der Waals surface area contributed by atoms with Crippen LogP contribution in [0.5, 0.6) is 0 Å². The second kappa shape index (κ2) is 3.80. The van der Waals surface area contributed by atoms with Crippen molar-refractivity contribution in [2.45, 2.75) is 6.54 Å². The summed E-state index contributed by atoms with van der Waals surface area (Å²) in [5.41, 5.74) is 5.16. The predicted molar refractivity (Wildman–Crippen MR) is 48.6 cm³/mol. The highest BCUT2D eigenvalue weighted by molar-refractivity contribution is 9.10. The summed E-state index contributed by atoms with van der Waals surface area (Å²) >= 11 is 2.87. The zero-order chi connectivity index (χ0) is 10.0. The summed E-state index contributed by atoms with van der Waals surface area (Å²) in [4.78, 5) is 9.76. The van der Waals surface area contributed by atoms with Gasteiger partial charge in [-0.05, 0) is 15.9 Å². The van der Waals surface area contributed by atoms with Gasteiger partial charge in [0.05, 0.1) is 9.40 Å². The van der Waals surface area contributed by atoms with Gasteiger partial charge in [-0.15, -0.1) is 0 Å². The summed E-state index contributed by atoms with van der Waals surface area (Å²) < 4.78 is 13.2. The van der Waals surface area contributed by atoms with E-state index >= 15 is 0 Å². The number of rotatable bonds is 2. The van der Waals surface area contributed by atoms with Crippen LogP contribution in [0.15, 0.2) is 16.6 Å². The Morgan fingerprint density at radius 1 is 1.62 bits per heavy atom. The Morgan fingerprint density at radius 3 is 2.69 bits per heavy atom. The fourth-order valence-corrected chi connectivity index (χ4v) is 1.37. The number of nitro groups is 1. The first-order valence-electron chi connectivity index (χ1n) is 3.38. The Labute approximate surface area is 81.8 Å². The standard InChI is InChI=1S/C7H6BrFN2O2/c8-6-2-5(11(12)13)1-4(3-10)7(6)9/h1-2H,3,10H2. The average Bonchev–Trinajstić information content (AvgIpc) is 2.09. The van der Waals surface area contributed by atoms with Crippen molar-refractivity contribution in [3.8, 4) is 0 Å². The third-order valence-corrected chi connectivity index (χ3v) is 2.10. The minimum atomic E-state index is -0.594. The fraction of sp³-hybridized carbons (Fsp3) is 0.143. The maximum Gasteiger partial charge on any atom is 0.271 e. The molecule has 4 nitrogen and oxygen atoms in total. The summed E-state index contributed by atoms with van der Waals surface area (Å²) in [5.74, 6) is -0.548. The summed E-state index contributed by atoms with van der Waals surface area (Å²) in [5, 5.41) is 10.4. The molecule has 1 rings (SSSR count). The van der Waals surface area contributed by atoms with Gasteiger partial charge in [-0.25, -0.2) is 4.39 Å². The second-order valence-corrected chi connectivity index (χ2v) is 3.22. The lowest BCUT2D eigenvalue weighted by Crippen LogP contribution is -2.02. The molecule has 13 heavy (non-hydrogen) atoms. The van der Waals surface area contributed by atoms with E-state index in [2.05, 4.69) is 15.9 Å². The normalized spacial score (nSPS) is 10.1. The van der Waals surface area contributed by atoms with E-state index in [1.807, 2.05) is 0 Å². The van der Waals surface area contributed by atoms with Crippen molar-refractivity contribution in [1.29, 1.82) is 0 Å². The molecule has 0 bridgehead atoms. The van der Waals surface area contributed by atoms with Crippen LogP contribution in [0.25, 0.3) is 0 Å². The lowest BCUT2D eigenvalue weighted by Gasteiger charge is -2.01. The van der Waals surface area contributed by atoms with Crippen molar-refractivity contribution in [2.75, 3.05) is 0 Å². The Hall–Kier alpha value is -1.01. The van der Waals surface area contributed by atoms with Crippen molar-refractivity contribution in [3.05, 3.63) is 38.1 Å². The van der Waals surface area contributed by atoms with E-state index in [9.17, 15) is 14.5 Å². The number of nitrogens with two attached hydrogens (primary N) is 1. The molecular weight excluding hydrogens is 243 g/mol. The molecule has 0 spiro atoms. The Balaban J connectivity index is 3.30. The van der Waals surface area contributed by atoms with Gasteiger partial charge in [-0.3, -0.25) is 10.1 Å². The van der Waals surface area contributed by atoms with E-state index in [0.29, 0.717) is 0 Å². The average molecular weight is 249 g/mol. The summed E-state index contributed by atoms with van der Waals surface area (Å²) in [6.45, 7) is -0.0634. The van der Waals surface area contributed by atoms with E-state index in [-0.39, 0.29) is 22.3 Å². The van der Waals surface area contributed by atoms with Gasteiger partial charge in [0.1, 0.15) is 5.82 Å². The Morgan fingerprint density at radius 2 is 2.23 bits per heavy atom. The SMILES string of the molecule is NCc1cc([N+](=O)[O-])cc(Br)c1F. The molecule has 0 fully saturated rings. The van der Waals surface area contributed by atoms with E-state index < -0.39 is 10.7 Å². The lowest BCUT2D eigenvalue weighted by atomic mass is 10.2. The zero-order valence-electron chi connectivity index (χ0n) is 6.46. The summed E-state index contributed by atoms with van der Waals surface area (Å²) in [6, 6.07) is 2.23. The second-order valence-electron chi connectivity index (χ2n) is 2.36. The first-order valence-corrected chi connectivity index (χ1v) is 4.18. The van der Waals surface area contributed by atoms with Crippen LogP contribution in [0, 0.1) is 15.9 Å². The molecule has 6 heteroatoms. The van der Waals surface area contributed by atoms with Crippen LogP contribution in [0.4, 0.5) is 10.1 Å². The maximum atomic E-state index is 13.1. The number of hydrogen-bond acceptors (Lipinski definition) is 3. The Kier molecular flexibility index (Phi) is 2.94. The van der Waals surface area contributed by atoms with Crippen LogP contribution in [-0.4, -0.2) is 4.92 Å². The smallest absolute Gasteiger partial charge is 0.271 e. The number of benzene rings is 1. The van der Waals surface area contributed by atoms with Crippen LogP contribution < -0.4 is 5.73 Å². The van der Waals surface area contributed by atoms with Gasteiger partial charge >= 0.3 is 0 Å². The molecule has 0 aliphatic heterocycles. The lowest BCUT2D eigenvalue weighted by molar-refractivity contribution is -0.385. The van der Waals surface area contributed by atoms with Gasteiger partial charge in [-0.2, -0.15) is 0 Å². The number of hydrogen-bond donors (Lipinski definition) is 1. The van der Waals surface area contributed by atoms with Crippen LogP contribution in [0.2, 0.25) is 0 Å². The third kappa shape index (κ3) is 2.02. The van der Waals surface area contributed by atoms with Crippen LogP contribution in [0.3, 0.4) is 0 Å². The van der Waals surface area contributed by atoms with E-state index in [1.54, 1.807) is 0 Å². The summed E-state index contributed by atoms with van der Waals surface area (Å²) in [7, 11) is 0. The van der Waals surface area contributed by atoms with Gasteiger partial charge in [0.25, 0.3) is 5.69 Å². The number of non-ortho nitro benzene ring substituents is 1. The molecule has 2 N–H and O–H groups in total. The topological polar surface area (TPSA) is 69.2 Å². The van der Waals surface area contributed by atoms with Crippen LogP contribution >= 0.6 is 15.9 Å². The molecule has 0 amide bonds. The highest BCUT2D eigenvalue weighted by Gasteiger charge is 2.13. The monoisotopic (exact) mass is 248 g/mol. The minimum absolute atomic E-state index is 0.0575. The van der Waals surface area contributed by atoms with Crippen molar-refractivity contribution in [3.63, 3.8) is 0 Å².